The van der Waals surface area contributed by atoms with Crippen molar-refractivity contribution < 1.29 is 4.79 Å². The lowest BCUT2D eigenvalue weighted by Gasteiger charge is -2.11. The van der Waals surface area contributed by atoms with Crippen molar-refractivity contribution in [1.29, 1.82) is 0 Å². The predicted molar refractivity (Wildman–Crippen MR) is 83.2 cm³/mol. The van der Waals surface area contributed by atoms with Crippen LogP contribution in [0.25, 0.3) is 0 Å². The molecule has 0 fully saturated rings. The summed E-state index contributed by atoms with van der Waals surface area (Å²) in [5.74, 6) is -0.0974. The number of carbonyl (C=O) groups is 1. The van der Waals surface area contributed by atoms with Crippen LogP contribution < -0.4 is 5.32 Å². The minimum atomic E-state index is -0.0974. The number of nitrogens with one attached hydrogen (secondary N) is 1. The van der Waals surface area contributed by atoms with Crippen LogP contribution in [0.5, 0.6) is 0 Å². The van der Waals surface area contributed by atoms with Crippen LogP contribution in [0.3, 0.4) is 0 Å². The van der Waals surface area contributed by atoms with Crippen molar-refractivity contribution in [2.24, 2.45) is 0 Å². The van der Waals surface area contributed by atoms with E-state index in [4.69, 9.17) is 0 Å². The molecule has 0 saturated heterocycles. The van der Waals surface area contributed by atoms with E-state index in [2.05, 4.69) is 21.4 Å². The van der Waals surface area contributed by atoms with E-state index in [1.807, 2.05) is 29.0 Å². The first-order valence-corrected chi connectivity index (χ1v) is 7.03. The normalized spacial score (nSPS) is 10.4. The molecule has 0 radical (unpaired) electrons. The van der Waals surface area contributed by atoms with E-state index in [1.165, 1.54) is 0 Å². The summed E-state index contributed by atoms with van der Waals surface area (Å²) in [4.78, 5) is 20.1. The van der Waals surface area contributed by atoms with Crippen LogP contribution in [0.4, 0.5) is 0 Å². The van der Waals surface area contributed by atoms with Crippen molar-refractivity contribution in [2.75, 3.05) is 0 Å². The molecule has 3 aromatic rings. The number of hydrogen-bond acceptors (Lipinski definition) is 3. The van der Waals surface area contributed by atoms with E-state index in [9.17, 15) is 4.79 Å². The fraction of sp³-hybridized carbons (Fsp3) is 0.118. The molecular formula is C17H16N4O. The summed E-state index contributed by atoms with van der Waals surface area (Å²) in [5, 5.41) is 2.94. The van der Waals surface area contributed by atoms with E-state index in [-0.39, 0.29) is 5.91 Å². The monoisotopic (exact) mass is 292 g/mol. The highest BCUT2D eigenvalue weighted by atomic mass is 16.1. The van der Waals surface area contributed by atoms with Gasteiger partial charge in [0, 0.05) is 43.4 Å². The maximum atomic E-state index is 12.1. The molecule has 0 aliphatic rings. The number of amides is 1. The summed E-state index contributed by atoms with van der Waals surface area (Å²) >= 11 is 0. The van der Waals surface area contributed by atoms with Gasteiger partial charge in [-0.25, -0.2) is 4.98 Å². The highest BCUT2D eigenvalue weighted by molar-refractivity contribution is 5.93. The summed E-state index contributed by atoms with van der Waals surface area (Å²) in [6.45, 7) is 1.23. The maximum Gasteiger partial charge on any atom is 0.251 e. The second-order valence-electron chi connectivity index (χ2n) is 4.92. The van der Waals surface area contributed by atoms with Gasteiger partial charge in [0.05, 0.1) is 6.33 Å². The third-order valence-corrected chi connectivity index (χ3v) is 3.41. The number of rotatable bonds is 5. The minimum absolute atomic E-state index is 0.0974. The SMILES string of the molecule is O=C(NCc1ccccc1Cn1ccnc1)c1ccncc1. The molecule has 0 saturated carbocycles. The molecule has 0 spiro atoms. The van der Waals surface area contributed by atoms with E-state index in [0.29, 0.717) is 12.1 Å². The molecule has 110 valence electrons. The Morgan fingerprint density at radius 1 is 1.00 bits per heavy atom. The number of carbonyl (C=O) groups excluding carboxylic acids is 1. The molecule has 5 nitrogen and oxygen atoms in total. The molecule has 0 aliphatic carbocycles. The number of aromatic nitrogens is 3. The number of benzene rings is 1. The zero-order valence-electron chi connectivity index (χ0n) is 12.0. The number of hydrogen-bond donors (Lipinski definition) is 1. The Morgan fingerprint density at radius 3 is 2.50 bits per heavy atom. The second-order valence-corrected chi connectivity index (χ2v) is 4.92. The zero-order chi connectivity index (χ0) is 15.2. The fourth-order valence-corrected chi connectivity index (χ4v) is 2.24. The fourth-order valence-electron chi connectivity index (χ4n) is 2.24. The number of nitrogens with zero attached hydrogens (tertiary/aromatic N) is 3. The first-order valence-electron chi connectivity index (χ1n) is 7.03. The van der Waals surface area contributed by atoms with Gasteiger partial charge in [-0.05, 0) is 23.3 Å². The zero-order valence-corrected chi connectivity index (χ0v) is 12.0. The van der Waals surface area contributed by atoms with Crippen molar-refractivity contribution in [3.63, 3.8) is 0 Å². The highest BCUT2D eigenvalue weighted by Gasteiger charge is 2.07. The first kappa shape index (κ1) is 14.0. The quantitative estimate of drug-likeness (QED) is 0.784. The first-order chi connectivity index (χ1) is 10.8. The molecule has 0 atom stereocenters. The topological polar surface area (TPSA) is 59.8 Å². The highest BCUT2D eigenvalue weighted by Crippen LogP contribution is 2.11. The Bertz CT molecular complexity index is 738. The third kappa shape index (κ3) is 3.38. The van der Waals surface area contributed by atoms with Crippen molar-refractivity contribution in [2.45, 2.75) is 13.1 Å². The van der Waals surface area contributed by atoms with Crippen molar-refractivity contribution in [3.05, 3.63) is 84.2 Å². The van der Waals surface area contributed by atoms with E-state index >= 15 is 0 Å². The molecular weight excluding hydrogens is 276 g/mol. The Labute approximate surface area is 128 Å². The Morgan fingerprint density at radius 2 is 1.77 bits per heavy atom. The standard InChI is InChI=1S/C17H16N4O/c22-17(14-5-7-18-8-6-14)20-11-15-3-1-2-4-16(15)12-21-10-9-19-13-21/h1-10,13H,11-12H2,(H,20,22). The molecule has 1 N–H and O–H groups in total. The number of imidazole rings is 1. The van der Waals surface area contributed by atoms with Crippen LogP contribution in [-0.2, 0) is 13.1 Å². The van der Waals surface area contributed by atoms with Gasteiger partial charge in [0.1, 0.15) is 0 Å². The maximum absolute atomic E-state index is 12.1. The predicted octanol–water partition coefficient (Wildman–Crippen LogP) is 2.26. The average molecular weight is 292 g/mol. The van der Waals surface area contributed by atoms with Crippen molar-refractivity contribution in [1.82, 2.24) is 19.9 Å². The van der Waals surface area contributed by atoms with Gasteiger partial charge in [0.2, 0.25) is 0 Å². The van der Waals surface area contributed by atoms with E-state index < -0.39 is 0 Å². The van der Waals surface area contributed by atoms with E-state index in [1.54, 1.807) is 37.1 Å². The minimum Gasteiger partial charge on any atom is -0.348 e. The molecule has 5 heteroatoms. The summed E-state index contributed by atoms with van der Waals surface area (Å²) in [7, 11) is 0. The lowest BCUT2D eigenvalue weighted by molar-refractivity contribution is 0.0950. The Kier molecular flexibility index (Phi) is 4.25. The van der Waals surface area contributed by atoms with Crippen LogP contribution >= 0.6 is 0 Å². The Balaban J connectivity index is 1.69. The van der Waals surface area contributed by atoms with Gasteiger partial charge < -0.3 is 9.88 Å². The lowest BCUT2D eigenvalue weighted by Crippen LogP contribution is -2.23. The second kappa shape index (κ2) is 6.67. The van der Waals surface area contributed by atoms with Gasteiger partial charge in [0.15, 0.2) is 0 Å². The smallest absolute Gasteiger partial charge is 0.251 e. The van der Waals surface area contributed by atoms with Crippen molar-refractivity contribution >= 4 is 5.91 Å². The molecule has 0 bridgehead atoms. The molecule has 2 heterocycles. The van der Waals surface area contributed by atoms with Gasteiger partial charge in [-0.1, -0.05) is 24.3 Å². The molecule has 22 heavy (non-hydrogen) atoms. The van der Waals surface area contributed by atoms with Crippen LogP contribution in [0.2, 0.25) is 0 Å². The molecule has 0 aliphatic heterocycles. The van der Waals surface area contributed by atoms with E-state index in [0.717, 1.165) is 17.7 Å². The summed E-state index contributed by atoms with van der Waals surface area (Å²) in [5.41, 5.74) is 2.87. The largest absolute Gasteiger partial charge is 0.348 e. The molecule has 2 aromatic heterocycles. The molecule has 0 unspecified atom stereocenters. The van der Waals surface area contributed by atoms with Crippen molar-refractivity contribution in [3.8, 4) is 0 Å². The van der Waals surface area contributed by atoms with Gasteiger partial charge in [-0.15, -0.1) is 0 Å². The lowest BCUT2D eigenvalue weighted by atomic mass is 10.1. The van der Waals surface area contributed by atoms with Crippen LogP contribution in [0, 0.1) is 0 Å². The molecule has 1 aromatic carbocycles. The third-order valence-electron chi connectivity index (χ3n) is 3.41. The summed E-state index contributed by atoms with van der Waals surface area (Å²) in [6.07, 6.45) is 8.69. The van der Waals surface area contributed by atoms with Crippen LogP contribution in [-0.4, -0.2) is 20.4 Å². The molecule has 3 rings (SSSR count). The van der Waals surface area contributed by atoms with Crippen LogP contribution in [0.15, 0.2) is 67.5 Å². The van der Waals surface area contributed by atoms with Crippen LogP contribution in [0.1, 0.15) is 21.5 Å². The Hall–Kier alpha value is -2.95. The molecule has 1 amide bonds. The average Bonchev–Trinajstić information content (AvgIpc) is 3.07. The van der Waals surface area contributed by atoms with Gasteiger partial charge >= 0.3 is 0 Å². The summed E-state index contributed by atoms with van der Waals surface area (Å²) < 4.78 is 2.00. The van der Waals surface area contributed by atoms with Gasteiger partial charge in [0.25, 0.3) is 5.91 Å². The summed E-state index contributed by atoms with van der Waals surface area (Å²) in [6, 6.07) is 11.5. The number of pyridine rings is 1. The van der Waals surface area contributed by atoms with Gasteiger partial charge in [-0.2, -0.15) is 0 Å². The van der Waals surface area contributed by atoms with Gasteiger partial charge in [-0.3, -0.25) is 9.78 Å².